The van der Waals surface area contributed by atoms with Gasteiger partial charge in [0.05, 0.1) is 0 Å². The number of nitrogens with one attached hydrogen (secondary N) is 1. The molecule has 1 unspecified atom stereocenters. The van der Waals surface area contributed by atoms with Gasteiger partial charge >= 0.3 is 0 Å². The van der Waals surface area contributed by atoms with E-state index in [1.807, 2.05) is 24.1 Å². The van der Waals surface area contributed by atoms with Crippen molar-refractivity contribution in [3.05, 3.63) is 29.8 Å². The van der Waals surface area contributed by atoms with E-state index in [1.165, 1.54) is 24.9 Å². The van der Waals surface area contributed by atoms with Gasteiger partial charge in [0.15, 0.2) is 0 Å². The van der Waals surface area contributed by atoms with E-state index in [2.05, 4.69) is 22.3 Å². The van der Waals surface area contributed by atoms with Crippen LogP contribution < -0.4 is 10.2 Å². The Kier molecular flexibility index (Phi) is 4.98. The van der Waals surface area contributed by atoms with Crippen LogP contribution in [0.5, 0.6) is 0 Å². The smallest absolute Gasteiger partial charge is 0.253 e. The Bertz CT molecular complexity index is 494. The Labute approximate surface area is 133 Å². The number of amides is 1. The van der Waals surface area contributed by atoms with Gasteiger partial charge in [-0.3, -0.25) is 4.79 Å². The normalized spacial score (nSPS) is 22.7. The first-order valence-corrected chi connectivity index (χ1v) is 8.59. The number of hydrogen-bond acceptors (Lipinski definition) is 3. The van der Waals surface area contributed by atoms with E-state index in [9.17, 15) is 4.79 Å². The molecule has 2 heterocycles. The van der Waals surface area contributed by atoms with Crippen molar-refractivity contribution in [2.45, 2.75) is 38.1 Å². The van der Waals surface area contributed by atoms with Crippen molar-refractivity contribution in [1.29, 1.82) is 0 Å². The molecule has 2 saturated heterocycles. The summed E-state index contributed by atoms with van der Waals surface area (Å²) in [5, 5.41) is 3.29. The number of anilines is 1. The maximum atomic E-state index is 12.6. The van der Waals surface area contributed by atoms with Gasteiger partial charge < -0.3 is 15.1 Å². The van der Waals surface area contributed by atoms with Crippen LogP contribution in [0.3, 0.4) is 0 Å². The number of hydrogen-bond donors (Lipinski definition) is 1. The van der Waals surface area contributed by atoms with Crippen LogP contribution in [-0.2, 0) is 0 Å². The number of likely N-dealkylation sites (N-methyl/N-ethyl adjacent to an activating group) is 1. The molecule has 0 aromatic heterocycles. The van der Waals surface area contributed by atoms with Crippen molar-refractivity contribution in [2.24, 2.45) is 0 Å². The largest absolute Gasteiger partial charge is 0.372 e. The van der Waals surface area contributed by atoms with E-state index in [0.717, 1.165) is 44.6 Å². The molecule has 22 heavy (non-hydrogen) atoms. The molecular formula is C18H27N3O. The van der Waals surface area contributed by atoms with Crippen LogP contribution in [0.4, 0.5) is 5.69 Å². The van der Waals surface area contributed by atoms with Crippen LogP contribution >= 0.6 is 0 Å². The first-order valence-electron chi connectivity index (χ1n) is 8.59. The highest BCUT2D eigenvalue weighted by atomic mass is 16.2. The third kappa shape index (κ3) is 3.43. The molecule has 0 spiro atoms. The highest BCUT2D eigenvalue weighted by Crippen LogP contribution is 2.21. The van der Waals surface area contributed by atoms with Crippen LogP contribution in [0.25, 0.3) is 0 Å². The van der Waals surface area contributed by atoms with Crippen LogP contribution in [-0.4, -0.2) is 50.1 Å². The maximum absolute atomic E-state index is 12.6. The van der Waals surface area contributed by atoms with E-state index in [1.54, 1.807) is 0 Å². The summed E-state index contributed by atoms with van der Waals surface area (Å²) in [6, 6.07) is 8.64. The molecule has 1 N–H and O–H groups in total. The second kappa shape index (κ2) is 7.14. The number of benzene rings is 1. The van der Waals surface area contributed by atoms with Gasteiger partial charge in [0, 0.05) is 43.5 Å². The minimum absolute atomic E-state index is 0.171. The van der Waals surface area contributed by atoms with Crippen molar-refractivity contribution >= 4 is 11.6 Å². The highest BCUT2D eigenvalue weighted by Gasteiger charge is 2.23. The zero-order valence-electron chi connectivity index (χ0n) is 13.6. The van der Waals surface area contributed by atoms with Gasteiger partial charge in [0.2, 0.25) is 0 Å². The summed E-state index contributed by atoms with van der Waals surface area (Å²) < 4.78 is 0. The van der Waals surface area contributed by atoms with E-state index >= 15 is 0 Å². The fraction of sp³-hybridized carbons (Fsp3) is 0.611. The Morgan fingerprint density at radius 1 is 1.05 bits per heavy atom. The topological polar surface area (TPSA) is 35.6 Å². The van der Waals surface area contributed by atoms with Gasteiger partial charge in [-0.25, -0.2) is 0 Å². The third-order valence-corrected chi connectivity index (χ3v) is 4.95. The van der Waals surface area contributed by atoms with Gasteiger partial charge in [-0.2, -0.15) is 0 Å². The summed E-state index contributed by atoms with van der Waals surface area (Å²) in [6.45, 7) is 3.99. The molecule has 120 valence electrons. The Balaban J connectivity index is 1.65. The summed E-state index contributed by atoms with van der Waals surface area (Å²) in [5.74, 6) is 0.171. The molecule has 2 aliphatic rings. The number of carbonyl (C=O) groups is 1. The highest BCUT2D eigenvalue weighted by molar-refractivity contribution is 5.94. The zero-order chi connectivity index (χ0) is 15.4. The quantitative estimate of drug-likeness (QED) is 0.932. The van der Waals surface area contributed by atoms with Crippen molar-refractivity contribution in [1.82, 2.24) is 10.2 Å². The molecule has 4 nitrogen and oxygen atoms in total. The van der Waals surface area contributed by atoms with Crippen LogP contribution in [0.15, 0.2) is 24.3 Å². The summed E-state index contributed by atoms with van der Waals surface area (Å²) in [7, 11) is 1.98. The number of carbonyl (C=O) groups excluding carboxylic acids is 1. The summed E-state index contributed by atoms with van der Waals surface area (Å²) >= 11 is 0. The SMILES string of the molecule is CNC1CCCN(C(=O)c2ccc(N3CCCCC3)cc2)C1. The van der Waals surface area contributed by atoms with Gasteiger partial charge in [-0.15, -0.1) is 0 Å². The third-order valence-electron chi connectivity index (χ3n) is 4.95. The number of rotatable bonds is 3. The minimum atomic E-state index is 0.171. The molecule has 4 heteroatoms. The number of piperidine rings is 2. The fourth-order valence-corrected chi connectivity index (χ4v) is 3.55. The lowest BCUT2D eigenvalue weighted by atomic mass is 10.0. The molecule has 1 atom stereocenters. The molecule has 0 radical (unpaired) electrons. The lowest BCUT2D eigenvalue weighted by Gasteiger charge is -2.33. The molecular weight excluding hydrogens is 274 g/mol. The van der Waals surface area contributed by atoms with E-state index in [4.69, 9.17) is 0 Å². The van der Waals surface area contributed by atoms with Gasteiger partial charge in [-0.05, 0) is 63.4 Å². The molecule has 0 bridgehead atoms. The van der Waals surface area contributed by atoms with Crippen LogP contribution in [0.1, 0.15) is 42.5 Å². The predicted molar refractivity (Wildman–Crippen MR) is 90.5 cm³/mol. The average molecular weight is 301 g/mol. The van der Waals surface area contributed by atoms with Crippen molar-refractivity contribution < 1.29 is 4.79 Å². The number of nitrogens with zero attached hydrogens (tertiary/aromatic N) is 2. The van der Waals surface area contributed by atoms with Gasteiger partial charge in [0.1, 0.15) is 0 Å². The first kappa shape index (κ1) is 15.3. The maximum Gasteiger partial charge on any atom is 0.253 e. The first-order chi connectivity index (χ1) is 10.8. The average Bonchev–Trinajstić information content (AvgIpc) is 2.62. The Morgan fingerprint density at radius 3 is 2.45 bits per heavy atom. The second-order valence-corrected chi connectivity index (χ2v) is 6.47. The van der Waals surface area contributed by atoms with E-state index < -0.39 is 0 Å². The molecule has 2 aliphatic heterocycles. The molecule has 1 aromatic rings. The van der Waals surface area contributed by atoms with Crippen molar-refractivity contribution in [3.63, 3.8) is 0 Å². The molecule has 1 aromatic carbocycles. The van der Waals surface area contributed by atoms with Crippen LogP contribution in [0.2, 0.25) is 0 Å². The minimum Gasteiger partial charge on any atom is -0.372 e. The lowest BCUT2D eigenvalue weighted by Crippen LogP contribution is -2.46. The lowest BCUT2D eigenvalue weighted by molar-refractivity contribution is 0.0698. The molecule has 0 saturated carbocycles. The van der Waals surface area contributed by atoms with Crippen molar-refractivity contribution in [3.8, 4) is 0 Å². The molecule has 3 rings (SSSR count). The van der Waals surface area contributed by atoms with E-state index in [0.29, 0.717) is 6.04 Å². The number of likely N-dealkylation sites (tertiary alicyclic amines) is 1. The predicted octanol–water partition coefficient (Wildman–Crippen LogP) is 2.50. The second-order valence-electron chi connectivity index (χ2n) is 6.47. The standard InChI is InChI=1S/C18H27N3O/c1-19-16-6-5-13-21(14-16)18(22)15-7-9-17(10-8-15)20-11-3-2-4-12-20/h7-10,16,19H,2-6,11-14H2,1H3. The van der Waals surface area contributed by atoms with Gasteiger partial charge in [0.25, 0.3) is 5.91 Å². The molecule has 2 fully saturated rings. The molecule has 0 aliphatic carbocycles. The van der Waals surface area contributed by atoms with Crippen molar-refractivity contribution in [2.75, 3.05) is 38.1 Å². The molecule has 1 amide bonds. The Hall–Kier alpha value is -1.55. The van der Waals surface area contributed by atoms with Crippen LogP contribution in [0, 0.1) is 0 Å². The Morgan fingerprint density at radius 2 is 1.77 bits per heavy atom. The monoisotopic (exact) mass is 301 g/mol. The summed E-state index contributed by atoms with van der Waals surface area (Å²) in [5.41, 5.74) is 2.07. The zero-order valence-corrected chi connectivity index (χ0v) is 13.6. The van der Waals surface area contributed by atoms with Gasteiger partial charge in [-0.1, -0.05) is 0 Å². The fourth-order valence-electron chi connectivity index (χ4n) is 3.55. The summed E-state index contributed by atoms with van der Waals surface area (Å²) in [4.78, 5) is 17.0. The summed E-state index contributed by atoms with van der Waals surface area (Å²) in [6.07, 6.45) is 6.14. The van der Waals surface area contributed by atoms with E-state index in [-0.39, 0.29) is 5.91 Å².